The molecule has 3 aromatic rings. The van der Waals surface area contributed by atoms with E-state index in [-0.39, 0.29) is 5.91 Å². The quantitative estimate of drug-likeness (QED) is 0.470. The van der Waals surface area contributed by atoms with E-state index in [9.17, 15) is 4.79 Å². The molecule has 140 valence electrons. The molecule has 1 N–H and O–H groups in total. The molecule has 0 unspecified atom stereocenters. The number of hydrogen-bond donors (Lipinski definition) is 1. The van der Waals surface area contributed by atoms with Crippen LogP contribution in [-0.2, 0) is 6.61 Å². The Morgan fingerprint density at radius 3 is 2.39 bits per heavy atom. The standard InChI is InChI=1S/C24H22N2O2/c1-19-9-11-21(12-10-19)18-28-23-15-13-22(14-16-23)24(27)26-25-17-5-8-20-6-3-2-4-7-20/h2-17H,18H2,1H3,(H,26,27)/b8-5-,25-17-. The molecule has 4 heteroatoms. The van der Waals surface area contributed by atoms with E-state index in [1.54, 1.807) is 36.6 Å². The van der Waals surface area contributed by atoms with Crippen molar-refractivity contribution in [3.8, 4) is 5.75 Å². The van der Waals surface area contributed by atoms with Crippen LogP contribution in [-0.4, -0.2) is 12.1 Å². The summed E-state index contributed by atoms with van der Waals surface area (Å²) >= 11 is 0. The first-order chi connectivity index (χ1) is 13.7. The van der Waals surface area contributed by atoms with Crippen molar-refractivity contribution in [1.82, 2.24) is 5.43 Å². The van der Waals surface area contributed by atoms with Gasteiger partial charge in [-0.15, -0.1) is 0 Å². The van der Waals surface area contributed by atoms with Crippen molar-refractivity contribution in [2.45, 2.75) is 13.5 Å². The van der Waals surface area contributed by atoms with Crippen molar-refractivity contribution >= 4 is 18.2 Å². The lowest BCUT2D eigenvalue weighted by atomic mass is 10.2. The molecule has 0 aliphatic heterocycles. The molecular formula is C24H22N2O2. The van der Waals surface area contributed by atoms with Crippen LogP contribution in [0.1, 0.15) is 27.0 Å². The average molecular weight is 370 g/mol. The normalized spacial score (nSPS) is 11.0. The topological polar surface area (TPSA) is 50.7 Å². The van der Waals surface area contributed by atoms with Gasteiger partial charge in [-0.05, 0) is 48.4 Å². The smallest absolute Gasteiger partial charge is 0.271 e. The van der Waals surface area contributed by atoms with Crippen molar-refractivity contribution in [3.63, 3.8) is 0 Å². The van der Waals surface area contributed by atoms with Crippen molar-refractivity contribution in [3.05, 3.63) is 107 Å². The molecule has 0 aromatic heterocycles. The average Bonchev–Trinajstić information content (AvgIpc) is 2.74. The highest BCUT2D eigenvalue weighted by molar-refractivity contribution is 5.94. The van der Waals surface area contributed by atoms with E-state index in [4.69, 9.17) is 4.74 Å². The third-order valence-electron chi connectivity index (χ3n) is 4.06. The number of ether oxygens (including phenoxy) is 1. The minimum atomic E-state index is -0.269. The number of carbonyl (C=O) groups is 1. The van der Waals surface area contributed by atoms with Gasteiger partial charge >= 0.3 is 0 Å². The fourth-order valence-electron chi connectivity index (χ4n) is 2.48. The molecule has 0 heterocycles. The van der Waals surface area contributed by atoms with E-state index in [1.807, 2.05) is 48.5 Å². The van der Waals surface area contributed by atoms with Crippen molar-refractivity contribution in [2.75, 3.05) is 0 Å². The van der Waals surface area contributed by atoms with Gasteiger partial charge in [0.15, 0.2) is 0 Å². The van der Waals surface area contributed by atoms with Crippen LogP contribution >= 0.6 is 0 Å². The Labute approximate surface area is 165 Å². The number of amides is 1. The highest BCUT2D eigenvalue weighted by atomic mass is 16.5. The van der Waals surface area contributed by atoms with Gasteiger partial charge in [-0.1, -0.05) is 66.2 Å². The summed E-state index contributed by atoms with van der Waals surface area (Å²) in [5.41, 5.74) is 6.42. The molecule has 3 rings (SSSR count). The van der Waals surface area contributed by atoms with Gasteiger partial charge in [0, 0.05) is 11.8 Å². The molecule has 3 aromatic carbocycles. The molecule has 1 amide bonds. The van der Waals surface area contributed by atoms with Crippen LogP contribution in [0.2, 0.25) is 0 Å². The lowest BCUT2D eigenvalue weighted by Gasteiger charge is -2.07. The van der Waals surface area contributed by atoms with Gasteiger partial charge in [0.05, 0.1) is 0 Å². The zero-order chi connectivity index (χ0) is 19.6. The third kappa shape index (κ3) is 5.95. The number of nitrogens with one attached hydrogen (secondary N) is 1. The molecule has 0 bridgehead atoms. The van der Waals surface area contributed by atoms with Gasteiger partial charge < -0.3 is 4.74 Å². The van der Waals surface area contributed by atoms with Crippen LogP contribution in [0, 0.1) is 6.92 Å². The summed E-state index contributed by atoms with van der Waals surface area (Å²) in [5.74, 6) is 0.445. The fraction of sp³-hybridized carbons (Fsp3) is 0.0833. The van der Waals surface area contributed by atoms with Crippen LogP contribution in [0.25, 0.3) is 6.08 Å². The minimum Gasteiger partial charge on any atom is -0.489 e. The zero-order valence-corrected chi connectivity index (χ0v) is 15.7. The summed E-state index contributed by atoms with van der Waals surface area (Å²) in [6.45, 7) is 2.54. The summed E-state index contributed by atoms with van der Waals surface area (Å²) < 4.78 is 5.75. The number of allylic oxidation sites excluding steroid dienone is 1. The van der Waals surface area contributed by atoms with Gasteiger partial charge in [-0.2, -0.15) is 5.10 Å². The van der Waals surface area contributed by atoms with E-state index in [1.165, 1.54) is 5.56 Å². The first-order valence-corrected chi connectivity index (χ1v) is 9.04. The van der Waals surface area contributed by atoms with E-state index in [0.29, 0.717) is 17.9 Å². The summed E-state index contributed by atoms with van der Waals surface area (Å²) in [6.07, 6.45) is 5.23. The fourth-order valence-corrected chi connectivity index (χ4v) is 2.48. The number of benzene rings is 3. The lowest BCUT2D eigenvalue weighted by Crippen LogP contribution is -2.17. The monoisotopic (exact) mass is 370 g/mol. The molecule has 0 saturated heterocycles. The molecule has 0 fully saturated rings. The number of aryl methyl sites for hydroxylation is 1. The van der Waals surface area contributed by atoms with Gasteiger partial charge in [-0.25, -0.2) is 5.43 Å². The van der Waals surface area contributed by atoms with Crippen LogP contribution in [0.5, 0.6) is 5.75 Å². The Hall–Kier alpha value is -3.66. The molecule has 0 aliphatic rings. The number of hydrazone groups is 1. The molecule has 0 aliphatic carbocycles. The van der Waals surface area contributed by atoms with Crippen molar-refractivity contribution in [1.29, 1.82) is 0 Å². The third-order valence-corrected chi connectivity index (χ3v) is 4.06. The molecule has 4 nitrogen and oxygen atoms in total. The summed E-state index contributed by atoms with van der Waals surface area (Å²) in [5, 5.41) is 3.93. The second kappa shape index (κ2) is 9.88. The number of rotatable bonds is 7. The number of nitrogens with zero attached hydrogens (tertiary/aromatic N) is 1. The first kappa shape index (κ1) is 19.1. The second-order valence-electron chi connectivity index (χ2n) is 6.29. The predicted molar refractivity (Wildman–Crippen MR) is 113 cm³/mol. The summed E-state index contributed by atoms with van der Waals surface area (Å²) in [6, 6.07) is 25.1. The maximum atomic E-state index is 12.1. The minimum absolute atomic E-state index is 0.269. The molecule has 28 heavy (non-hydrogen) atoms. The molecule has 0 radical (unpaired) electrons. The Morgan fingerprint density at radius 1 is 0.964 bits per heavy atom. The Kier molecular flexibility index (Phi) is 6.74. The lowest BCUT2D eigenvalue weighted by molar-refractivity contribution is 0.0955. The van der Waals surface area contributed by atoms with Gasteiger partial charge in [0.25, 0.3) is 5.91 Å². The van der Waals surface area contributed by atoms with Crippen LogP contribution < -0.4 is 10.2 Å². The van der Waals surface area contributed by atoms with Crippen LogP contribution in [0.3, 0.4) is 0 Å². The second-order valence-corrected chi connectivity index (χ2v) is 6.29. The maximum Gasteiger partial charge on any atom is 0.271 e. The van der Waals surface area contributed by atoms with E-state index in [2.05, 4.69) is 29.6 Å². The molecule has 0 spiro atoms. The predicted octanol–water partition coefficient (Wildman–Crippen LogP) is 5.00. The summed E-state index contributed by atoms with van der Waals surface area (Å²) in [7, 11) is 0. The van der Waals surface area contributed by atoms with Crippen LogP contribution in [0.15, 0.2) is 90.0 Å². The van der Waals surface area contributed by atoms with E-state index in [0.717, 1.165) is 11.1 Å². The Balaban J connectivity index is 1.47. The SMILES string of the molecule is Cc1ccc(COc2ccc(C(=O)N/N=C\C=C/c3ccccc3)cc2)cc1. The molecule has 0 saturated carbocycles. The van der Waals surface area contributed by atoms with E-state index >= 15 is 0 Å². The van der Waals surface area contributed by atoms with E-state index < -0.39 is 0 Å². The van der Waals surface area contributed by atoms with Gasteiger partial charge in [-0.3, -0.25) is 4.79 Å². The highest BCUT2D eigenvalue weighted by Crippen LogP contribution is 2.14. The van der Waals surface area contributed by atoms with Crippen molar-refractivity contribution < 1.29 is 9.53 Å². The molecular weight excluding hydrogens is 348 g/mol. The highest BCUT2D eigenvalue weighted by Gasteiger charge is 2.04. The van der Waals surface area contributed by atoms with Crippen LogP contribution in [0.4, 0.5) is 0 Å². The zero-order valence-electron chi connectivity index (χ0n) is 15.7. The Bertz CT molecular complexity index is 944. The number of carbonyl (C=O) groups excluding carboxylic acids is 1. The first-order valence-electron chi connectivity index (χ1n) is 9.04. The van der Waals surface area contributed by atoms with Gasteiger partial charge in [0.2, 0.25) is 0 Å². The molecule has 0 atom stereocenters. The van der Waals surface area contributed by atoms with Gasteiger partial charge in [0.1, 0.15) is 12.4 Å². The van der Waals surface area contributed by atoms with Crippen molar-refractivity contribution in [2.24, 2.45) is 5.10 Å². The number of hydrogen-bond acceptors (Lipinski definition) is 3. The summed E-state index contributed by atoms with van der Waals surface area (Å²) in [4.78, 5) is 12.1. The Morgan fingerprint density at radius 2 is 1.68 bits per heavy atom. The maximum absolute atomic E-state index is 12.1. The largest absolute Gasteiger partial charge is 0.489 e.